The Balaban J connectivity index is 2.81. The Morgan fingerprint density at radius 2 is 1.74 bits per heavy atom. The van der Waals surface area contributed by atoms with Gasteiger partial charge in [0.05, 0.1) is 4.90 Å². The fraction of sp³-hybridized carbons (Fsp3) is 0.588. The van der Waals surface area contributed by atoms with E-state index in [9.17, 15) is 8.42 Å². The Kier molecular flexibility index (Phi) is 6.35. The van der Waals surface area contributed by atoms with Crippen molar-refractivity contribution in [1.82, 2.24) is 0 Å². The molecule has 0 radical (unpaired) electrons. The lowest BCUT2D eigenvalue weighted by Gasteiger charge is -2.36. The summed E-state index contributed by atoms with van der Waals surface area (Å²) < 4.78 is 31.4. The van der Waals surface area contributed by atoms with Crippen LogP contribution in [0, 0.1) is 6.92 Å². The van der Waals surface area contributed by atoms with Crippen molar-refractivity contribution in [3.63, 3.8) is 0 Å². The number of rotatable bonds is 7. The van der Waals surface area contributed by atoms with Crippen molar-refractivity contribution in [2.45, 2.75) is 62.5 Å². The number of nitrogens with zero attached hydrogens (tertiary/aromatic N) is 1. The Morgan fingerprint density at radius 3 is 2.17 bits per heavy atom. The molecule has 0 aromatic heterocycles. The predicted octanol–water partition coefficient (Wildman–Crippen LogP) is 4.21. The van der Waals surface area contributed by atoms with Gasteiger partial charge in [0.2, 0.25) is 9.84 Å². The highest BCUT2D eigenvalue weighted by molar-refractivity contribution is 7.92. The second-order valence-electron chi connectivity index (χ2n) is 7.39. The molecule has 0 heterocycles. The normalized spacial score (nSPS) is 14.5. The van der Waals surface area contributed by atoms with Crippen LogP contribution in [0.5, 0.6) is 0 Å². The second kappa shape index (κ2) is 7.28. The van der Waals surface area contributed by atoms with Crippen molar-refractivity contribution in [1.29, 1.82) is 0 Å². The third-order valence-electron chi connectivity index (χ3n) is 4.55. The molecule has 130 valence electrons. The maximum atomic E-state index is 12.6. The average Bonchev–Trinajstić information content (AvgIpc) is 2.42. The molecule has 0 bridgehead atoms. The van der Waals surface area contributed by atoms with Crippen LogP contribution >= 0.6 is 0 Å². The molecule has 1 unspecified atom stereocenters. The van der Waals surface area contributed by atoms with Crippen molar-refractivity contribution in [2.24, 2.45) is 4.99 Å². The molecule has 0 aliphatic carbocycles. The molecule has 1 aromatic rings. The van der Waals surface area contributed by atoms with Crippen LogP contribution in [-0.4, -0.2) is 35.4 Å². The fourth-order valence-corrected chi connectivity index (χ4v) is 4.35. The number of aliphatic imine (C=N–C) groups is 1. The number of hydrogen-bond acceptors (Lipinski definition) is 4. The van der Waals surface area contributed by atoms with E-state index in [0.717, 1.165) is 5.56 Å². The minimum atomic E-state index is -3.51. The lowest BCUT2D eigenvalue weighted by Crippen LogP contribution is -2.41. The minimum absolute atomic E-state index is 0.0972. The largest absolute Gasteiger partial charge is 0.417 e. The quantitative estimate of drug-likeness (QED) is 0.544. The molecular formula is C17H29NO3SSi. The Morgan fingerprint density at radius 1 is 1.22 bits per heavy atom. The van der Waals surface area contributed by atoms with Crippen LogP contribution in [0.3, 0.4) is 0 Å². The average molecular weight is 356 g/mol. The van der Waals surface area contributed by atoms with Crippen LogP contribution in [0.15, 0.2) is 34.2 Å². The molecule has 0 N–H and O–H groups in total. The Hall–Kier alpha value is -0.983. The van der Waals surface area contributed by atoms with E-state index in [2.05, 4.69) is 45.6 Å². The molecule has 0 fully saturated rings. The molecule has 1 rings (SSSR count). The summed E-state index contributed by atoms with van der Waals surface area (Å²) in [7, 11) is -5.40. The summed E-state index contributed by atoms with van der Waals surface area (Å²) in [6, 6.07) is 6.83. The van der Waals surface area contributed by atoms with E-state index >= 15 is 0 Å². The van der Waals surface area contributed by atoms with Crippen molar-refractivity contribution in [3.8, 4) is 0 Å². The van der Waals surface area contributed by atoms with E-state index in [1.165, 1.54) is 0 Å². The molecule has 0 amide bonds. The molecular weight excluding hydrogens is 326 g/mol. The summed E-state index contributed by atoms with van der Waals surface area (Å²) >= 11 is 0. The Labute approximate surface area is 142 Å². The first-order chi connectivity index (χ1) is 10.4. The zero-order valence-electron chi connectivity index (χ0n) is 15.1. The maximum Gasteiger partial charge on any atom is 0.201 e. The molecule has 1 aromatic carbocycles. The van der Waals surface area contributed by atoms with E-state index in [1.54, 1.807) is 24.3 Å². The van der Waals surface area contributed by atoms with Crippen molar-refractivity contribution < 1.29 is 12.8 Å². The van der Waals surface area contributed by atoms with Gasteiger partial charge in [0, 0.05) is 13.0 Å². The number of hydrogen-bond donors (Lipinski definition) is 0. The first kappa shape index (κ1) is 20.1. The topological polar surface area (TPSA) is 55.7 Å². The highest BCUT2D eigenvalue weighted by Gasteiger charge is 2.37. The zero-order chi connectivity index (χ0) is 17.9. The standard InChI is InChI=1S/C17H29NO3SSi/c1-14-8-10-15(11-9-14)22(19,20)16(18-5)12-13-21-23(6,7)17(2,3)4/h8-11,16H,5,12-13H2,1-4,6-7H3. The molecule has 23 heavy (non-hydrogen) atoms. The van der Waals surface area contributed by atoms with Gasteiger partial charge in [0.15, 0.2) is 13.7 Å². The van der Waals surface area contributed by atoms with Gasteiger partial charge < -0.3 is 4.43 Å². The third-order valence-corrected chi connectivity index (χ3v) is 11.1. The van der Waals surface area contributed by atoms with Crippen LogP contribution < -0.4 is 0 Å². The van der Waals surface area contributed by atoms with E-state index in [0.29, 0.717) is 13.0 Å². The lowest BCUT2D eigenvalue weighted by atomic mass is 10.2. The number of sulfone groups is 1. The van der Waals surface area contributed by atoms with Crippen LogP contribution in [0.1, 0.15) is 32.8 Å². The highest BCUT2D eigenvalue weighted by Crippen LogP contribution is 2.36. The number of aryl methyl sites for hydroxylation is 1. The van der Waals surface area contributed by atoms with E-state index in [1.807, 2.05) is 6.92 Å². The van der Waals surface area contributed by atoms with Gasteiger partial charge in [-0.05, 0) is 43.9 Å². The summed E-state index contributed by atoms with van der Waals surface area (Å²) in [4.78, 5) is 4.12. The van der Waals surface area contributed by atoms with Gasteiger partial charge in [0.25, 0.3) is 0 Å². The van der Waals surface area contributed by atoms with Gasteiger partial charge >= 0.3 is 0 Å². The van der Waals surface area contributed by atoms with Crippen LogP contribution in [0.2, 0.25) is 18.1 Å². The molecule has 0 aliphatic heterocycles. The van der Waals surface area contributed by atoms with Crippen LogP contribution in [0.4, 0.5) is 0 Å². The fourth-order valence-electron chi connectivity index (χ4n) is 1.86. The minimum Gasteiger partial charge on any atom is -0.417 e. The van der Waals surface area contributed by atoms with Crippen molar-refractivity contribution in [2.75, 3.05) is 6.61 Å². The summed E-state index contributed by atoms with van der Waals surface area (Å²) in [5, 5.41) is -0.769. The first-order valence-electron chi connectivity index (χ1n) is 7.82. The van der Waals surface area contributed by atoms with Gasteiger partial charge in [0.1, 0.15) is 0 Å². The van der Waals surface area contributed by atoms with Crippen LogP contribution in [-0.2, 0) is 14.3 Å². The van der Waals surface area contributed by atoms with Gasteiger partial charge in [-0.1, -0.05) is 38.5 Å². The van der Waals surface area contributed by atoms with E-state index in [-0.39, 0.29) is 9.93 Å². The molecule has 0 spiro atoms. The lowest BCUT2D eigenvalue weighted by molar-refractivity contribution is 0.280. The zero-order valence-corrected chi connectivity index (χ0v) is 16.9. The van der Waals surface area contributed by atoms with Gasteiger partial charge in [-0.2, -0.15) is 0 Å². The van der Waals surface area contributed by atoms with Crippen molar-refractivity contribution in [3.05, 3.63) is 29.8 Å². The molecule has 0 saturated carbocycles. The highest BCUT2D eigenvalue weighted by atomic mass is 32.2. The molecule has 0 saturated heterocycles. The third kappa shape index (κ3) is 4.99. The Bertz CT molecular complexity index is 631. The molecule has 0 aliphatic rings. The molecule has 6 heteroatoms. The monoisotopic (exact) mass is 355 g/mol. The van der Waals surface area contributed by atoms with E-state index < -0.39 is 23.5 Å². The van der Waals surface area contributed by atoms with Crippen molar-refractivity contribution >= 4 is 24.9 Å². The van der Waals surface area contributed by atoms with Gasteiger partial charge in [-0.3, -0.25) is 4.99 Å². The SMILES string of the molecule is C=NC(CCO[Si](C)(C)C(C)(C)C)S(=O)(=O)c1ccc(C)cc1. The summed E-state index contributed by atoms with van der Waals surface area (Å²) in [5.74, 6) is 0. The summed E-state index contributed by atoms with van der Waals surface area (Å²) in [5.41, 5.74) is 1.02. The van der Waals surface area contributed by atoms with Gasteiger partial charge in [-0.15, -0.1) is 0 Å². The summed E-state index contributed by atoms with van der Waals surface area (Å²) in [6.45, 7) is 16.5. The first-order valence-corrected chi connectivity index (χ1v) is 12.3. The maximum absolute atomic E-state index is 12.6. The second-order valence-corrected chi connectivity index (χ2v) is 14.3. The van der Waals surface area contributed by atoms with Gasteiger partial charge in [-0.25, -0.2) is 8.42 Å². The van der Waals surface area contributed by atoms with Crippen LogP contribution in [0.25, 0.3) is 0 Å². The van der Waals surface area contributed by atoms with E-state index in [4.69, 9.17) is 4.43 Å². The molecule has 1 atom stereocenters. The number of benzene rings is 1. The summed E-state index contributed by atoms with van der Waals surface area (Å²) in [6.07, 6.45) is 0.326. The predicted molar refractivity (Wildman–Crippen MR) is 99.5 cm³/mol. The molecule has 4 nitrogen and oxygen atoms in total. The smallest absolute Gasteiger partial charge is 0.201 e.